The smallest absolute Gasteiger partial charge is 0.221 e. The number of aromatic amines is 1. The Morgan fingerprint density at radius 3 is 2.47 bits per heavy atom. The summed E-state index contributed by atoms with van der Waals surface area (Å²) in [5.41, 5.74) is 4.24. The van der Waals surface area contributed by atoms with Crippen LogP contribution in [0.15, 0.2) is 65.0 Å². The first-order valence-corrected chi connectivity index (χ1v) is 13.3. The number of hydrogen-bond acceptors (Lipinski definition) is 8. The zero-order valence-electron chi connectivity index (χ0n) is 21.2. The van der Waals surface area contributed by atoms with Gasteiger partial charge < -0.3 is 10.6 Å². The molecule has 1 amide bonds. The van der Waals surface area contributed by atoms with Crippen LogP contribution in [0, 0.1) is 6.92 Å². The molecule has 3 N–H and O–H groups in total. The van der Waals surface area contributed by atoms with Crippen molar-refractivity contribution >= 4 is 51.4 Å². The maximum Gasteiger partial charge on any atom is 0.221 e. The first-order chi connectivity index (χ1) is 17.5. The van der Waals surface area contributed by atoms with Gasteiger partial charge in [-0.2, -0.15) is 9.47 Å². The van der Waals surface area contributed by atoms with Crippen molar-refractivity contribution < 1.29 is 4.79 Å². The number of carbonyl (C=O) groups is 1. The SMILES string of the molecule is CC.CC.CC(=O)Nc1ccc(Sc2cn3c(-c4cn[nH]c4)cnc3c(Nc3cc(C)ns3)n2)cc1. The Hall–Kier alpha value is -3.70. The first kappa shape index (κ1) is 26.9. The lowest BCUT2D eigenvalue weighted by molar-refractivity contribution is -0.114. The lowest BCUT2D eigenvalue weighted by atomic mass is 10.3. The van der Waals surface area contributed by atoms with E-state index in [9.17, 15) is 4.79 Å². The van der Waals surface area contributed by atoms with E-state index >= 15 is 0 Å². The third-order valence-corrected chi connectivity index (χ3v) is 6.24. The number of benzene rings is 1. The number of nitrogens with one attached hydrogen (secondary N) is 3. The lowest BCUT2D eigenvalue weighted by Gasteiger charge is -2.10. The van der Waals surface area contributed by atoms with Crippen LogP contribution >= 0.6 is 23.3 Å². The number of imidazole rings is 1. The maximum absolute atomic E-state index is 11.3. The number of rotatable bonds is 6. The van der Waals surface area contributed by atoms with E-state index in [0.29, 0.717) is 11.5 Å². The largest absolute Gasteiger partial charge is 0.328 e. The summed E-state index contributed by atoms with van der Waals surface area (Å²) in [6, 6.07) is 9.62. The van der Waals surface area contributed by atoms with Gasteiger partial charge in [-0.1, -0.05) is 39.5 Å². The number of amides is 1. The van der Waals surface area contributed by atoms with Crippen molar-refractivity contribution in [3.63, 3.8) is 0 Å². The molecule has 0 saturated heterocycles. The molecule has 5 rings (SSSR count). The number of hydrogen-bond donors (Lipinski definition) is 3. The van der Waals surface area contributed by atoms with Crippen LogP contribution in [0.1, 0.15) is 40.3 Å². The summed E-state index contributed by atoms with van der Waals surface area (Å²) < 4.78 is 6.34. The Labute approximate surface area is 219 Å². The average Bonchev–Trinajstić information content (AvgIpc) is 3.64. The van der Waals surface area contributed by atoms with Gasteiger partial charge in [-0.3, -0.25) is 14.3 Å². The highest BCUT2D eigenvalue weighted by atomic mass is 32.2. The summed E-state index contributed by atoms with van der Waals surface area (Å²) in [6.45, 7) is 11.4. The van der Waals surface area contributed by atoms with Crippen molar-refractivity contribution in [2.45, 2.75) is 51.5 Å². The highest BCUT2D eigenvalue weighted by Crippen LogP contribution is 2.33. The molecule has 4 aromatic heterocycles. The maximum atomic E-state index is 11.3. The van der Waals surface area contributed by atoms with E-state index in [1.54, 1.807) is 6.20 Å². The number of H-pyrrole nitrogens is 1. The van der Waals surface area contributed by atoms with Gasteiger partial charge in [0.05, 0.1) is 23.8 Å². The number of anilines is 3. The Morgan fingerprint density at radius 1 is 1.11 bits per heavy atom. The van der Waals surface area contributed by atoms with Crippen molar-refractivity contribution in [3.8, 4) is 11.3 Å². The van der Waals surface area contributed by atoms with Crippen molar-refractivity contribution in [2.75, 3.05) is 10.6 Å². The molecule has 36 heavy (non-hydrogen) atoms. The van der Waals surface area contributed by atoms with Gasteiger partial charge >= 0.3 is 0 Å². The second-order valence-corrected chi connectivity index (χ2v) is 8.92. The molecule has 5 aromatic rings. The Morgan fingerprint density at radius 2 is 1.86 bits per heavy atom. The van der Waals surface area contributed by atoms with E-state index in [2.05, 4.69) is 30.2 Å². The minimum atomic E-state index is -0.0987. The Bertz CT molecular complexity index is 1390. The molecule has 4 heterocycles. The van der Waals surface area contributed by atoms with Crippen molar-refractivity contribution in [3.05, 3.63) is 60.8 Å². The molecule has 1 aromatic carbocycles. The summed E-state index contributed by atoms with van der Waals surface area (Å²) in [5.74, 6) is 0.543. The quantitative estimate of drug-likeness (QED) is 0.225. The molecule has 9 nitrogen and oxygen atoms in total. The summed E-state index contributed by atoms with van der Waals surface area (Å²) in [4.78, 5) is 21.7. The highest BCUT2D eigenvalue weighted by Gasteiger charge is 2.15. The van der Waals surface area contributed by atoms with Gasteiger partial charge in [-0.05, 0) is 48.8 Å². The van der Waals surface area contributed by atoms with Gasteiger partial charge in [0.15, 0.2) is 11.5 Å². The second kappa shape index (κ2) is 12.8. The molecule has 0 bridgehead atoms. The Kier molecular flexibility index (Phi) is 9.60. The van der Waals surface area contributed by atoms with Gasteiger partial charge in [-0.15, -0.1) is 0 Å². The molecule has 0 atom stereocenters. The number of aromatic nitrogens is 6. The van der Waals surface area contributed by atoms with Gasteiger partial charge in [0.25, 0.3) is 0 Å². The van der Waals surface area contributed by atoms with E-state index in [4.69, 9.17) is 4.98 Å². The van der Waals surface area contributed by atoms with Gasteiger partial charge in [-0.25, -0.2) is 9.97 Å². The minimum absolute atomic E-state index is 0.0987. The predicted molar refractivity (Wildman–Crippen MR) is 148 cm³/mol. The van der Waals surface area contributed by atoms with Crippen LogP contribution < -0.4 is 10.6 Å². The molecule has 0 spiro atoms. The molecule has 0 aliphatic rings. The fraction of sp³-hybridized carbons (Fsp3) is 0.240. The normalized spacial score (nSPS) is 10.2. The minimum Gasteiger partial charge on any atom is -0.328 e. The third-order valence-electron chi connectivity index (χ3n) is 4.53. The van der Waals surface area contributed by atoms with Crippen LogP contribution in [-0.4, -0.2) is 34.8 Å². The number of nitrogens with zero attached hydrogens (tertiary/aromatic N) is 5. The number of carbonyl (C=O) groups excluding carboxylic acids is 1. The lowest BCUT2D eigenvalue weighted by Crippen LogP contribution is -2.05. The fourth-order valence-corrected chi connectivity index (χ4v) is 4.64. The highest BCUT2D eigenvalue weighted by molar-refractivity contribution is 7.99. The zero-order chi connectivity index (χ0) is 26.1. The molecule has 0 unspecified atom stereocenters. The predicted octanol–water partition coefficient (Wildman–Crippen LogP) is 6.79. The van der Waals surface area contributed by atoms with Crippen LogP contribution in [0.25, 0.3) is 16.9 Å². The van der Waals surface area contributed by atoms with Gasteiger partial charge in [0, 0.05) is 35.5 Å². The van der Waals surface area contributed by atoms with Gasteiger partial charge in [0.1, 0.15) is 10.0 Å². The first-order valence-electron chi connectivity index (χ1n) is 11.7. The molecule has 188 valence electrons. The summed E-state index contributed by atoms with van der Waals surface area (Å²) in [7, 11) is 0. The van der Waals surface area contributed by atoms with E-state index in [0.717, 1.165) is 37.6 Å². The molecule has 0 fully saturated rings. The van der Waals surface area contributed by atoms with E-state index in [1.807, 2.05) is 87.9 Å². The molecule has 0 saturated carbocycles. The summed E-state index contributed by atoms with van der Waals surface area (Å²) >= 11 is 2.90. The topological polar surface area (TPSA) is 113 Å². The zero-order valence-corrected chi connectivity index (χ0v) is 22.8. The van der Waals surface area contributed by atoms with E-state index < -0.39 is 0 Å². The molecule has 0 radical (unpaired) electrons. The second-order valence-electron chi connectivity index (χ2n) is 7.02. The van der Waals surface area contributed by atoms with Crippen molar-refractivity contribution in [2.24, 2.45) is 0 Å². The van der Waals surface area contributed by atoms with Crippen LogP contribution in [-0.2, 0) is 4.79 Å². The van der Waals surface area contributed by atoms with Crippen LogP contribution in [0.3, 0.4) is 0 Å². The van der Waals surface area contributed by atoms with Gasteiger partial charge in [0.2, 0.25) is 5.91 Å². The van der Waals surface area contributed by atoms with E-state index in [1.165, 1.54) is 30.2 Å². The number of aryl methyl sites for hydroxylation is 1. The average molecular weight is 523 g/mol. The summed E-state index contributed by atoms with van der Waals surface area (Å²) in [6.07, 6.45) is 7.36. The van der Waals surface area contributed by atoms with Crippen molar-refractivity contribution in [1.29, 1.82) is 0 Å². The van der Waals surface area contributed by atoms with Crippen molar-refractivity contribution in [1.82, 2.24) is 28.9 Å². The fourth-order valence-electron chi connectivity index (χ4n) is 3.17. The molecular formula is C25H30N8OS2. The van der Waals surface area contributed by atoms with Crippen LogP contribution in [0.4, 0.5) is 16.5 Å². The number of fused-ring (bicyclic) bond motifs is 1. The van der Waals surface area contributed by atoms with E-state index in [-0.39, 0.29) is 5.91 Å². The van der Waals surface area contributed by atoms with Crippen LogP contribution in [0.5, 0.6) is 0 Å². The molecular weight excluding hydrogens is 492 g/mol. The molecule has 0 aliphatic carbocycles. The monoisotopic (exact) mass is 522 g/mol. The molecule has 0 aliphatic heterocycles. The van der Waals surface area contributed by atoms with Crippen LogP contribution in [0.2, 0.25) is 0 Å². The standard InChI is InChI=1S/C21H18N8OS2.2C2H6/c1-12-7-18(32-28-12)26-20-21-22-10-17(14-8-23-24-9-14)29(21)11-19(27-20)31-16-5-3-15(4-6-16)25-13(2)30;2*1-2/h3-11H,1-2H3,(H,23,24)(H,25,30)(H,26,27);2*1-2H3. The third kappa shape index (κ3) is 6.49. The summed E-state index contributed by atoms with van der Waals surface area (Å²) in [5, 5.41) is 14.7. The Balaban J connectivity index is 0.000000861. The molecule has 11 heteroatoms.